The minimum Gasteiger partial charge on any atom is -0.300 e. The van der Waals surface area contributed by atoms with Crippen LogP contribution in [0.1, 0.15) is 36.6 Å². The molecule has 2 aromatic carbocycles. The molecule has 0 radical (unpaired) electrons. The number of pyridine rings is 1. The Hall–Kier alpha value is -2.93. The molecule has 4 rings (SSSR count). The maximum atomic E-state index is 14.5. The van der Waals surface area contributed by atoms with Crippen molar-refractivity contribution in [3.63, 3.8) is 0 Å². The van der Waals surface area contributed by atoms with Crippen molar-refractivity contribution in [3.05, 3.63) is 94.5 Å². The summed E-state index contributed by atoms with van der Waals surface area (Å²) in [5.74, 6) is 6.27. The van der Waals surface area contributed by atoms with E-state index in [1.165, 1.54) is 32.0 Å². The Labute approximate surface area is 194 Å². The Morgan fingerprint density at radius 1 is 1.03 bits per heavy atom. The molecule has 1 aliphatic heterocycles. The zero-order valence-corrected chi connectivity index (χ0v) is 18.9. The lowest BCUT2D eigenvalue weighted by Gasteiger charge is -2.29. The predicted octanol–water partition coefficient (Wildman–Crippen LogP) is 6.69. The van der Waals surface area contributed by atoms with Gasteiger partial charge in [-0.25, -0.2) is 9.37 Å². The van der Waals surface area contributed by atoms with E-state index >= 15 is 0 Å². The number of piperidine rings is 1. The lowest BCUT2D eigenvalue weighted by molar-refractivity contribution is 0.210. The van der Waals surface area contributed by atoms with E-state index in [4.69, 9.17) is 11.6 Å². The SMILES string of the molecule is CC1CCN(C/C=C/c2ccc(C#Cc3ncc(-c4ccc(Cl)cc4)cc3F)cc2)CC1. The highest BCUT2D eigenvalue weighted by molar-refractivity contribution is 6.30. The summed E-state index contributed by atoms with van der Waals surface area (Å²) >= 11 is 5.91. The van der Waals surface area contributed by atoms with Crippen LogP contribution < -0.4 is 0 Å². The summed E-state index contributed by atoms with van der Waals surface area (Å²) < 4.78 is 14.5. The monoisotopic (exact) mass is 444 g/mol. The molecule has 3 aromatic rings. The summed E-state index contributed by atoms with van der Waals surface area (Å²) in [5.41, 5.74) is 3.66. The van der Waals surface area contributed by atoms with E-state index in [0.717, 1.165) is 29.2 Å². The standard InChI is InChI=1S/C28H26ClFN2/c1-21-14-17-32(18-15-21)16-2-3-22-4-6-23(7-5-22)8-13-28-27(30)19-25(20-31-28)24-9-11-26(29)12-10-24/h2-7,9-12,19-21H,14-18H2,1H3/b3-2+. The minimum atomic E-state index is -0.434. The third-order valence-electron chi connectivity index (χ3n) is 5.80. The number of rotatable bonds is 4. The van der Waals surface area contributed by atoms with Gasteiger partial charge in [0.2, 0.25) is 0 Å². The van der Waals surface area contributed by atoms with Crippen LogP contribution in [-0.2, 0) is 0 Å². The molecule has 4 heteroatoms. The van der Waals surface area contributed by atoms with E-state index in [9.17, 15) is 4.39 Å². The highest BCUT2D eigenvalue weighted by Crippen LogP contribution is 2.22. The minimum absolute atomic E-state index is 0.141. The van der Waals surface area contributed by atoms with Gasteiger partial charge in [0.25, 0.3) is 0 Å². The molecule has 0 bridgehead atoms. The fraction of sp³-hybridized carbons (Fsp3) is 0.250. The normalized spacial score (nSPS) is 15.0. The second kappa shape index (κ2) is 10.6. The average molecular weight is 445 g/mol. The number of hydrogen-bond acceptors (Lipinski definition) is 2. The van der Waals surface area contributed by atoms with Crippen LogP contribution in [0, 0.1) is 23.6 Å². The second-order valence-electron chi connectivity index (χ2n) is 8.32. The summed E-state index contributed by atoms with van der Waals surface area (Å²) in [6.45, 7) is 5.69. The Morgan fingerprint density at radius 2 is 1.75 bits per heavy atom. The van der Waals surface area contributed by atoms with Gasteiger partial charge >= 0.3 is 0 Å². The van der Waals surface area contributed by atoms with E-state index in [2.05, 4.69) is 40.8 Å². The molecule has 0 spiro atoms. The molecular formula is C28H26ClFN2. The number of benzene rings is 2. The molecule has 0 aliphatic carbocycles. The third-order valence-corrected chi connectivity index (χ3v) is 6.06. The van der Waals surface area contributed by atoms with Gasteiger partial charge in [-0.05, 0) is 79.2 Å². The second-order valence-corrected chi connectivity index (χ2v) is 8.76. The van der Waals surface area contributed by atoms with Crippen molar-refractivity contribution in [1.29, 1.82) is 0 Å². The summed E-state index contributed by atoms with van der Waals surface area (Å²) in [6, 6.07) is 16.7. The van der Waals surface area contributed by atoms with Crippen molar-refractivity contribution in [2.75, 3.05) is 19.6 Å². The van der Waals surface area contributed by atoms with Gasteiger partial charge in [0.1, 0.15) is 5.69 Å². The Morgan fingerprint density at radius 3 is 2.44 bits per heavy atom. The molecule has 0 N–H and O–H groups in total. The van der Waals surface area contributed by atoms with Gasteiger partial charge in [-0.2, -0.15) is 0 Å². The van der Waals surface area contributed by atoms with Crippen LogP contribution in [0.15, 0.2) is 66.9 Å². The van der Waals surface area contributed by atoms with Crippen LogP contribution in [0.3, 0.4) is 0 Å². The predicted molar refractivity (Wildman–Crippen MR) is 131 cm³/mol. The van der Waals surface area contributed by atoms with E-state index < -0.39 is 5.82 Å². The van der Waals surface area contributed by atoms with E-state index in [1.807, 2.05) is 36.4 Å². The molecule has 1 fully saturated rings. The molecule has 1 saturated heterocycles. The summed E-state index contributed by atoms with van der Waals surface area (Å²) in [7, 11) is 0. The van der Waals surface area contributed by atoms with Gasteiger partial charge in [0.15, 0.2) is 5.82 Å². The molecule has 0 saturated carbocycles. The first-order valence-electron chi connectivity index (χ1n) is 11.0. The van der Waals surface area contributed by atoms with Crippen molar-refractivity contribution in [2.24, 2.45) is 5.92 Å². The maximum absolute atomic E-state index is 14.5. The zero-order valence-electron chi connectivity index (χ0n) is 18.2. The Bertz CT molecular complexity index is 1130. The van der Waals surface area contributed by atoms with Crippen LogP contribution in [-0.4, -0.2) is 29.5 Å². The smallest absolute Gasteiger partial charge is 0.158 e. The average Bonchev–Trinajstić information content (AvgIpc) is 2.81. The van der Waals surface area contributed by atoms with E-state index in [1.54, 1.807) is 18.3 Å². The van der Waals surface area contributed by atoms with Crippen molar-refractivity contribution < 1.29 is 4.39 Å². The molecule has 2 heterocycles. The van der Waals surface area contributed by atoms with Crippen molar-refractivity contribution in [1.82, 2.24) is 9.88 Å². The number of aromatic nitrogens is 1. The molecule has 2 nitrogen and oxygen atoms in total. The third kappa shape index (κ3) is 6.07. The van der Waals surface area contributed by atoms with Crippen molar-refractivity contribution in [3.8, 4) is 23.0 Å². The highest BCUT2D eigenvalue weighted by Gasteiger charge is 2.13. The quantitative estimate of drug-likeness (QED) is 0.417. The van der Waals surface area contributed by atoms with Crippen LogP contribution in [0.25, 0.3) is 17.2 Å². The van der Waals surface area contributed by atoms with Gasteiger partial charge in [0.05, 0.1) is 0 Å². The highest BCUT2D eigenvalue weighted by atomic mass is 35.5. The molecule has 1 aliphatic rings. The largest absolute Gasteiger partial charge is 0.300 e. The number of nitrogens with zero attached hydrogens (tertiary/aromatic N) is 2. The fourth-order valence-electron chi connectivity index (χ4n) is 3.72. The van der Waals surface area contributed by atoms with Crippen LogP contribution in [0.4, 0.5) is 4.39 Å². The molecule has 0 atom stereocenters. The Balaban J connectivity index is 1.37. The van der Waals surface area contributed by atoms with Crippen LogP contribution >= 0.6 is 11.6 Å². The first kappa shape index (κ1) is 22.3. The van der Waals surface area contributed by atoms with Gasteiger partial charge in [-0.3, -0.25) is 4.90 Å². The summed E-state index contributed by atoms with van der Waals surface area (Å²) in [5, 5.41) is 0.642. The van der Waals surface area contributed by atoms with Gasteiger partial charge < -0.3 is 0 Å². The maximum Gasteiger partial charge on any atom is 0.158 e. The van der Waals surface area contributed by atoms with Crippen LogP contribution in [0.2, 0.25) is 5.02 Å². The first-order chi connectivity index (χ1) is 15.6. The van der Waals surface area contributed by atoms with E-state index in [0.29, 0.717) is 10.6 Å². The number of halogens is 2. The summed E-state index contributed by atoms with van der Waals surface area (Å²) in [4.78, 5) is 6.70. The topological polar surface area (TPSA) is 16.1 Å². The first-order valence-corrected chi connectivity index (χ1v) is 11.4. The Kier molecular flexibility index (Phi) is 7.37. The van der Waals surface area contributed by atoms with Crippen LogP contribution in [0.5, 0.6) is 0 Å². The molecule has 32 heavy (non-hydrogen) atoms. The lowest BCUT2D eigenvalue weighted by atomic mass is 9.99. The van der Waals surface area contributed by atoms with Crippen molar-refractivity contribution >= 4 is 17.7 Å². The molecule has 0 amide bonds. The lowest BCUT2D eigenvalue weighted by Crippen LogP contribution is -2.32. The van der Waals surface area contributed by atoms with Gasteiger partial charge in [-0.1, -0.05) is 60.9 Å². The molecule has 0 unspecified atom stereocenters. The van der Waals surface area contributed by atoms with Gasteiger partial charge in [0, 0.05) is 28.9 Å². The zero-order chi connectivity index (χ0) is 22.3. The summed E-state index contributed by atoms with van der Waals surface area (Å²) in [6.07, 6.45) is 8.58. The fourth-order valence-corrected chi connectivity index (χ4v) is 3.85. The van der Waals surface area contributed by atoms with E-state index in [-0.39, 0.29) is 5.69 Å². The number of hydrogen-bond donors (Lipinski definition) is 0. The van der Waals surface area contributed by atoms with Gasteiger partial charge in [-0.15, -0.1) is 0 Å². The number of likely N-dealkylation sites (tertiary alicyclic amines) is 1. The molecule has 1 aromatic heterocycles. The molecule has 162 valence electrons. The van der Waals surface area contributed by atoms with Crippen molar-refractivity contribution in [2.45, 2.75) is 19.8 Å². The molecular weight excluding hydrogens is 419 g/mol.